The van der Waals surface area contributed by atoms with Crippen molar-refractivity contribution in [2.45, 2.75) is 44.8 Å². The fraction of sp³-hybridized carbons (Fsp3) is 1.00. The minimum absolute atomic E-state index is 0.441. The normalized spacial score (nSPS) is 37.2. The van der Waals surface area contributed by atoms with Crippen LogP contribution >= 0.6 is 0 Å². The molecule has 2 aliphatic heterocycles. The minimum atomic E-state index is 0.441. The molecule has 0 aromatic carbocycles. The predicted octanol–water partition coefficient (Wildman–Crippen LogP) is 1.49. The summed E-state index contributed by atoms with van der Waals surface area (Å²) in [6.45, 7) is 8.32. The highest BCUT2D eigenvalue weighted by atomic mass is 16.5. The van der Waals surface area contributed by atoms with E-state index in [1.807, 2.05) is 0 Å². The van der Waals surface area contributed by atoms with E-state index in [2.05, 4.69) is 17.1 Å². The number of piperidine rings is 1. The SMILES string of the molecule is CC1CN(CC2CCNCC2)CC(C2CC2)O1. The third kappa shape index (κ3) is 3.21. The first-order valence-electron chi connectivity index (χ1n) is 7.40. The van der Waals surface area contributed by atoms with Crippen LogP contribution in [0.1, 0.15) is 32.6 Å². The van der Waals surface area contributed by atoms with Crippen LogP contribution in [-0.2, 0) is 4.74 Å². The average molecular weight is 238 g/mol. The summed E-state index contributed by atoms with van der Waals surface area (Å²) in [5.74, 6) is 1.80. The van der Waals surface area contributed by atoms with Crippen molar-refractivity contribution in [3.05, 3.63) is 0 Å². The predicted molar refractivity (Wildman–Crippen MR) is 69.1 cm³/mol. The molecule has 3 aliphatic rings. The van der Waals surface area contributed by atoms with E-state index in [1.165, 1.54) is 51.9 Å². The zero-order valence-electron chi connectivity index (χ0n) is 11.0. The molecule has 3 fully saturated rings. The largest absolute Gasteiger partial charge is 0.372 e. The van der Waals surface area contributed by atoms with Crippen molar-refractivity contribution in [3.63, 3.8) is 0 Å². The maximum atomic E-state index is 6.08. The van der Waals surface area contributed by atoms with Crippen LogP contribution in [0.15, 0.2) is 0 Å². The van der Waals surface area contributed by atoms with E-state index in [0.29, 0.717) is 12.2 Å². The number of hydrogen-bond acceptors (Lipinski definition) is 3. The average Bonchev–Trinajstić information content (AvgIpc) is 3.13. The summed E-state index contributed by atoms with van der Waals surface area (Å²) in [6.07, 6.45) is 6.51. The molecule has 3 nitrogen and oxygen atoms in total. The molecule has 1 saturated carbocycles. The topological polar surface area (TPSA) is 24.5 Å². The molecule has 0 radical (unpaired) electrons. The summed E-state index contributed by atoms with van der Waals surface area (Å²) in [5.41, 5.74) is 0. The molecule has 2 heterocycles. The maximum absolute atomic E-state index is 6.08. The highest BCUT2D eigenvalue weighted by molar-refractivity contribution is 4.88. The zero-order chi connectivity index (χ0) is 11.7. The van der Waals surface area contributed by atoms with Gasteiger partial charge in [0.1, 0.15) is 0 Å². The Kier molecular flexibility index (Phi) is 3.69. The molecule has 0 aromatic rings. The number of hydrogen-bond donors (Lipinski definition) is 1. The molecule has 3 rings (SSSR count). The lowest BCUT2D eigenvalue weighted by Crippen LogP contribution is -2.49. The molecule has 98 valence electrons. The summed E-state index contributed by atoms with van der Waals surface area (Å²) in [6, 6.07) is 0. The first kappa shape index (κ1) is 11.9. The van der Waals surface area contributed by atoms with Gasteiger partial charge in [-0.2, -0.15) is 0 Å². The van der Waals surface area contributed by atoms with E-state index in [9.17, 15) is 0 Å². The van der Waals surface area contributed by atoms with Gasteiger partial charge < -0.3 is 10.1 Å². The molecule has 2 atom stereocenters. The second-order valence-corrected chi connectivity index (χ2v) is 6.23. The van der Waals surface area contributed by atoms with E-state index >= 15 is 0 Å². The smallest absolute Gasteiger partial charge is 0.0734 e. The first-order valence-corrected chi connectivity index (χ1v) is 7.40. The standard InChI is InChI=1S/C14H26N2O/c1-11-8-16(9-12-4-6-15-7-5-12)10-14(17-11)13-2-3-13/h11-15H,2-10H2,1H3. The highest BCUT2D eigenvalue weighted by Crippen LogP contribution is 2.36. The summed E-state index contributed by atoms with van der Waals surface area (Å²) in [4.78, 5) is 2.67. The molecule has 0 aromatic heterocycles. The van der Waals surface area contributed by atoms with Gasteiger partial charge in [0, 0.05) is 19.6 Å². The molecule has 17 heavy (non-hydrogen) atoms. The van der Waals surface area contributed by atoms with E-state index in [0.717, 1.165) is 18.4 Å². The third-order valence-corrected chi connectivity index (χ3v) is 4.48. The van der Waals surface area contributed by atoms with Crippen molar-refractivity contribution in [1.29, 1.82) is 0 Å². The summed E-state index contributed by atoms with van der Waals surface area (Å²) < 4.78 is 6.08. The van der Waals surface area contributed by atoms with Crippen molar-refractivity contribution in [1.82, 2.24) is 10.2 Å². The molecule has 3 heteroatoms. The number of ether oxygens (including phenoxy) is 1. The lowest BCUT2D eigenvalue weighted by Gasteiger charge is -2.39. The Morgan fingerprint density at radius 3 is 2.59 bits per heavy atom. The fourth-order valence-electron chi connectivity index (χ4n) is 3.38. The zero-order valence-corrected chi connectivity index (χ0v) is 11.0. The van der Waals surface area contributed by atoms with Crippen LogP contribution in [0.3, 0.4) is 0 Å². The maximum Gasteiger partial charge on any atom is 0.0734 e. The van der Waals surface area contributed by atoms with Gasteiger partial charge in [-0.1, -0.05) is 0 Å². The van der Waals surface area contributed by atoms with Gasteiger partial charge in [0.15, 0.2) is 0 Å². The number of nitrogens with zero attached hydrogens (tertiary/aromatic N) is 1. The van der Waals surface area contributed by atoms with Crippen LogP contribution in [0.5, 0.6) is 0 Å². The van der Waals surface area contributed by atoms with E-state index in [1.54, 1.807) is 0 Å². The van der Waals surface area contributed by atoms with Gasteiger partial charge in [0.05, 0.1) is 12.2 Å². The van der Waals surface area contributed by atoms with Crippen LogP contribution in [0.25, 0.3) is 0 Å². The first-order chi connectivity index (χ1) is 8.31. The Hall–Kier alpha value is -0.120. The lowest BCUT2D eigenvalue weighted by atomic mass is 9.97. The van der Waals surface area contributed by atoms with E-state index < -0.39 is 0 Å². The van der Waals surface area contributed by atoms with Crippen LogP contribution < -0.4 is 5.32 Å². The van der Waals surface area contributed by atoms with Gasteiger partial charge in [-0.25, -0.2) is 0 Å². The van der Waals surface area contributed by atoms with E-state index in [-0.39, 0.29) is 0 Å². The number of nitrogens with one attached hydrogen (secondary N) is 1. The van der Waals surface area contributed by atoms with Gasteiger partial charge in [0.2, 0.25) is 0 Å². The Morgan fingerprint density at radius 1 is 1.12 bits per heavy atom. The van der Waals surface area contributed by atoms with Crippen LogP contribution in [0.2, 0.25) is 0 Å². The molecular formula is C14H26N2O. The Bertz CT molecular complexity index is 249. The minimum Gasteiger partial charge on any atom is -0.372 e. The Morgan fingerprint density at radius 2 is 1.88 bits per heavy atom. The van der Waals surface area contributed by atoms with Crippen LogP contribution in [-0.4, -0.2) is 49.8 Å². The monoisotopic (exact) mass is 238 g/mol. The Balaban J connectivity index is 1.50. The van der Waals surface area contributed by atoms with Crippen molar-refractivity contribution in [2.24, 2.45) is 11.8 Å². The lowest BCUT2D eigenvalue weighted by molar-refractivity contribution is -0.0895. The van der Waals surface area contributed by atoms with Gasteiger partial charge in [-0.05, 0) is 57.5 Å². The van der Waals surface area contributed by atoms with Crippen molar-refractivity contribution >= 4 is 0 Å². The molecule has 1 aliphatic carbocycles. The molecule has 1 N–H and O–H groups in total. The third-order valence-electron chi connectivity index (χ3n) is 4.48. The fourth-order valence-corrected chi connectivity index (χ4v) is 3.38. The quantitative estimate of drug-likeness (QED) is 0.806. The molecule has 0 bridgehead atoms. The molecule has 2 unspecified atom stereocenters. The molecule has 0 spiro atoms. The van der Waals surface area contributed by atoms with E-state index in [4.69, 9.17) is 4.74 Å². The number of rotatable bonds is 3. The van der Waals surface area contributed by atoms with Crippen molar-refractivity contribution in [2.75, 3.05) is 32.7 Å². The highest BCUT2D eigenvalue weighted by Gasteiger charge is 2.37. The van der Waals surface area contributed by atoms with Crippen molar-refractivity contribution < 1.29 is 4.74 Å². The van der Waals surface area contributed by atoms with Crippen LogP contribution in [0, 0.1) is 11.8 Å². The van der Waals surface area contributed by atoms with Crippen molar-refractivity contribution in [3.8, 4) is 0 Å². The molecule has 2 saturated heterocycles. The summed E-state index contributed by atoms with van der Waals surface area (Å²) in [5, 5.41) is 3.45. The molecule has 0 amide bonds. The van der Waals surface area contributed by atoms with Crippen LogP contribution in [0.4, 0.5) is 0 Å². The van der Waals surface area contributed by atoms with Gasteiger partial charge in [-0.15, -0.1) is 0 Å². The van der Waals surface area contributed by atoms with Gasteiger partial charge in [0.25, 0.3) is 0 Å². The second-order valence-electron chi connectivity index (χ2n) is 6.23. The molecular weight excluding hydrogens is 212 g/mol. The number of morpholine rings is 1. The van der Waals surface area contributed by atoms with Gasteiger partial charge in [-0.3, -0.25) is 4.90 Å². The summed E-state index contributed by atoms with van der Waals surface area (Å²) >= 11 is 0. The van der Waals surface area contributed by atoms with Gasteiger partial charge >= 0.3 is 0 Å². The Labute approximate surface area is 105 Å². The second kappa shape index (κ2) is 5.25. The summed E-state index contributed by atoms with van der Waals surface area (Å²) in [7, 11) is 0.